The second-order valence-electron chi connectivity index (χ2n) is 8.95. The molecule has 2 fully saturated rings. The van der Waals surface area contributed by atoms with Crippen LogP contribution in [-0.2, 0) is 10.0 Å². The minimum absolute atomic E-state index is 0.00426. The van der Waals surface area contributed by atoms with Crippen LogP contribution in [0.25, 0.3) is 0 Å². The monoisotopic (exact) mass is 459 g/mol. The van der Waals surface area contributed by atoms with Crippen LogP contribution in [0.3, 0.4) is 0 Å². The summed E-state index contributed by atoms with van der Waals surface area (Å²) < 4.78 is 33.0. The summed E-state index contributed by atoms with van der Waals surface area (Å²) in [6.07, 6.45) is 6.96. The molecule has 1 aromatic carbocycles. The van der Waals surface area contributed by atoms with Gasteiger partial charge in [-0.25, -0.2) is 8.42 Å². The Hall–Kier alpha value is -2.16. The van der Waals surface area contributed by atoms with Gasteiger partial charge in [0.05, 0.1) is 17.2 Å². The fraction of sp³-hybridized carbons (Fsp3) is 0.542. The summed E-state index contributed by atoms with van der Waals surface area (Å²) in [5.41, 5.74) is 0.452. The third-order valence-corrected chi connectivity index (χ3v) is 8.57. The van der Waals surface area contributed by atoms with Gasteiger partial charge in [-0.3, -0.25) is 9.69 Å². The van der Waals surface area contributed by atoms with Crippen molar-refractivity contribution in [3.63, 3.8) is 0 Å². The van der Waals surface area contributed by atoms with Crippen molar-refractivity contribution in [2.75, 3.05) is 32.7 Å². The number of furan rings is 1. The molecule has 2 saturated heterocycles. The van der Waals surface area contributed by atoms with Crippen molar-refractivity contribution < 1.29 is 17.6 Å². The van der Waals surface area contributed by atoms with Crippen molar-refractivity contribution in [1.29, 1.82) is 0 Å². The molecule has 1 amide bonds. The number of rotatable bonds is 7. The number of sulfonamides is 1. The Bertz CT molecular complexity index is 975. The quantitative estimate of drug-likeness (QED) is 0.683. The average molecular weight is 460 g/mol. The van der Waals surface area contributed by atoms with Gasteiger partial charge >= 0.3 is 0 Å². The first-order valence-electron chi connectivity index (χ1n) is 11.6. The lowest BCUT2D eigenvalue weighted by Crippen LogP contribution is -2.40. The third-order valence-electron chi connectivity index (χ3n) is 6.66. The Balaban J connectivity index is 1.40. The highest BCUT2D eigenvalue weighted by Crippen LogP contribution is 2.25. The summed E-state index contributed by atoms with van der Waals surface area (Å²) in [6.45, 7) is 5.68. The molecule has 1 aromatic heterocycles. The van der Waals surface area contributed by atoms with Crippen LogP contribution in [0.15, 0.2) is 52.0 Å². The van der Waals surface area contributed by atoms with E-state index in [9.17, 15) is 13.2 Å². The average Bonchev–Trinajstić information content (AvgIpc) is 3.35. The summed E-state index contributed by atoms with van der Waals surface area (Å²) in [4.78, 5) is 15.4. The summed E-state index contributed by atoms with van der Waals surface area (Å²) in [6, 6.07) is 10.1. The molecule has 7 nitrogen and oxygen atoms in total. The molecule has 2 aliphatic rings. The van der Waals surface area contributed by atoms with Gasteiger partial charge < -0.3 is 9.73 Å². The normalized spacial score (nSPS) is 20.2. The molecule has 32 heavy (non-hydrogen) atoms. The molecule has 3 heterocycles. The third kappa shape index (κ3) is 5.24. The van der Waals surface area contributed by atoms with Crippen molar-refractivity contribution in [2.24, 2.45) is 5.92 Å². The van der Waals surface area contributed by atoms with Crippen molar-refractivity contribution in [3.05, 3.63) is 54.0 Å². The molecule has 2 aliphatic heterocycles. The topological polar surface area (TPSA) is 82.9 Å². The van der Waals surface area contributed by atoms with Gasteiger partial charge in [-0.15, -0.1) is 0 Å². The van der Waals surface area contributed by atoms with Crippen LogP contribution in [0, 0.1) is 5.92 Å². The first-order chi connectivity index (χ1) is 15.4. The maximum Gasteiger partial charge on any atom is 0.251 e. The molecule has 0 spiro atoms. The molecule has 0 saturated carbocycles. The van der Waals surface area contributed by atoms with E-state index in [0.29, 0.717) is 31.1 Å². The number of piperidine rings is 2. The molecule has 0 bridgehead atoms. The van der Waals surface area contributed by atoms with E-state index in [-0.39, 0.29) is 16.8 Å². The molecular formula is C24H33N3O4S. The van der Waals surface area contributed by atoms with Crippen LogP contribution >= 0.6 is 0 Å². The fourth-order valence-electron chi connectivity index (χ4n) is 4.56. The highest BCUT2D eigenvalue weighted by molar-refractivity contribution is 7.89. The highest BCUT2D eigenvalue weighted by atomic mass is 32.2. The van der Waals surface area contributed by atoms with E-state index in [2.05, 4.69) is 17.1 Å². The Morgan fingerprint density at radius 1 is 1.06 bits per heavy atom. The predicted octanol–water partition coefficient (Wildman–Crippen LogP) is 3.66. The first kappa shape index (κ1) is 23.0. The smallest absolute Gasteiger partial charge is 0.251 e. The summed E-state index contributed by atoms with van der Waals surface area (Å²) in [5, 5.41) is 3.01. The minimum atomic E-state index is -3.52. The molecule has 4 rings (SSSR count). The van der Waals surface area contributed by atoms with Gasteiger partial charge in [0, 0.05) is 25.2 Å². The second kappa shape index (κ2) is 10.2. The Kier molecular flexibility index (Phi) is 7.33. The number of likely N-dealkylation sites (tertiary alicyclic amines) is 1. The SMILES string of the molecule is CC1CCN(S(=O)(=O)c2ccc(C(=O)NCC(c3ccco3)N3CCCCC3)cc2)CC1. The standard InChI is InChI=1S/C24H33N3O4S/c1-19-11-15-27(16-12-19)32(29,30)21-9-7-20(8-10-21)24(28)25-18-22(23-6-5-17-31-23)26-13-3-2-4-14-26/h5-10,17,19,22H,2-4,11-16,18H2,1H3,(H,25,28). The number of nitrogens with zero attached hydrogens (tertiary/aromatic N) is 2. The molecular weight excluding hydrogens is 426 g/mol. The Morgan fingerprint density at radius 3 is 2.38 bits per heavy atom. The van der Waals surface area contributed by atoms with E-state index in [0.717, 1.165) is 44.5 Å². The second-order valence-corrected chi connectivity index (χ2v) is 10.9. The molecule has 1 unspecified atom stereocenters. The number of hydrogen-bond acceptors (Lipinski definition) is 5. The maximum atomic E-state index is 12.9. The lowest BCUT2D eigenvalue weighted by molar-refractivity contribution is 0.0914. The van der Waals surface area contributed by atoms with Crippen molar-refractivity contribution in [3.8, 4) is 0 Å². The molecule has 0 radical (unpaired) electrons. The number of carbonyl (C=O) groups excluding carboxylic acids is 1. The first-order valence-corrected chi connectivity index (χ1v) is 13.0. The van der Waals surface area contributed by atoms with E-state index in [1.54, 1.807) is 22.7 Å². The van der Waals surface area contributed by atoms with Gasteiger partial charge in [0.15, 0.2) is 0 Å². The van der Waals surface area contributed by atoms with Gasteiger partial charge in [-0.1, -0.05) is 13.3 Å². The van der Waals surface area contributed by atoms with Crippen molar-refractivity contribution in [2.45, 2.75) is 50.0 Å². The van der Waals surface area contributed by atoms with Crippen LogP contribution in [0.1, 0.15) is 61.2 Å². The van der Waals surface area contributed by atoms with Crippen molar-refractivity contribution in [1.82, 2.24) is 14.5 Å². The summed E-state index contributed by atoms with van der Waals surface area (Å²) >= 11 is 0. The largest absolute Gasteiger partial charge is 0.468 e. The van der Waals surface area contributed by atoms with E-state index in [4.69, 9.17) is 4.42 Å². The van der Waals surface area contributed by atoms with E-state index >= 15 is 0 Å². The van der Waals surface area contributed by atoms with Gasteiger partial charge in [0.1, 0.15) is 5.76 Å². The number of hydrogen-bond donors (Lipinski definition) is 1. The molecule has 1 N–H and O–H groups in total. The predicted molar refractivity (Wildman–Crippen MR) is 123 cm³/mol. The van der Waals surface area contributed by atoms with Crippen LogP contribution in [0.5, 0.6) is 0 Å². The summed E-state index contributed by atoms with van der Waals surface area (Å²) in [5.74, 6) is 1.20. The molecule has 8 heteroatoms. The highest BCUT2D eigenvalue weighted by Gasteiger charge is 2.28. The molecule has 0 aliphatic carbocycles. The molecule has 2 aromatic rings. The zero-order valence-corrected chi connectivity index (χ0v) is 19.5. The van der Waals surface area contributed by atoms with Crippen LogP contribution in [-0.4, -0.2) is 56.3 Å². The number of nitrogens with one attached hydrogen (secondary N) is 1. The maximum absolute atomic E-state index is 12.9. The van der Waals surface area contributed by atoms with Gasteiger partial charge in [0.2, 0.25) is 10.0 Å². The Labute approximate surface area is 190 Å². The van der Waals surface area contributed by atoms with Crippen LogP contribution in [0.4, 0.5) is 0 Å². The van der Waals surface area contributed by atoms with Crippen LogP contribution < -0.4 is 5.32 Å². The Morgan fingerprint density at radius 2 is 1.75 bits per heavy atom. The van der Waals surface area contributed by atoms with E-state index in [1.807, 2.05) is 12.1 Å². The van der Waals surface area contributed by atoms with Gasteiger partial charge in [-0.2, -0.15) is 4.31 Å². The number of amides is 1. The molecule has 1 atom stereocenters. The lowest BCUT2D eigenvalue weighted by atomic mass is 10.0. The zero-order valence-electron chi connectivity index (χ0n) is 18.7. The summed E-state index contributed by atoms with van der Waals surface area (Å²) in [7, 11) is -3.52. The van der Waals surface area contributed by atoms with Crippen LogP contribution in [0.2, 0.25) is 0 Å². The van der Waals surface area contributed by atoms with E-state index < -0.39 is 10.0 Å². The van der Waals surface area contributed by atoms with Crippen molar-refractivity contribution >= 4 is 15.9 Å². The van der Waals surface area contributed by atoms with Gasteiger partial charge in [0.25, 0.3) is 5.91 Å². The molecule has 174 valence electrons. The number of benzene rings is 1. The number of carbonyl (C=O) groups is 1. The minimum Gasteiger partial charge on any atom is -0.468 e. The van der Waals surface area contributed by atoms with Gasteiger partial charge in [-0.05, 0) is 81.1 Å². The fourth-order valence-corrected chi connectivity index (χ4v) is 6.03. The zero-order chi connectivity index (χ0) is 22.6. The lowest BCUT2D eigenvalue weighted by Gasteiger charge is -2.33. The van der Waals surface area contributed by atoms with E-state index in [1.165, 1.54) is 18.6 Å².